The Kier molecular flexibility index (Phi) is 6.56. The maximum absolute atomic E-state index is 12.6. The van der Waals surface area contributed by atoms with Crippen molar-refractivity contribution in [2.75, 3.05) is 11.1 Å². The molecule has 32 heavy (non-hydrogen) atoms. The summed E-state index contributed by atoms with van der Waals surface area (Å²) in [6.45, 7) is 4.53. The first kappa shape index (κ1) is 21.6. The number of carbonyl (C=O) groups excluding carboxylic acids is 1. The second kappa shape index (κ2) is 9.70. The molecule has 4 rings (SSSR count). The summed E-state index contributed by atoms with van der Waals surface area (Å²) in [5.41, 5.74) is 4.66. The Labute approximate surface area is 191 Å². The highest BCUT2D eigenvalue weighted by molar-refractivity contribution is 7.99. The van der Waals surface area contributed by atoms with Gasteiger partial charge in [0.2, 0.25) is 5.91 Å². The fraction of sp³-hybridized carbons (Fsp3) is 0.160. The lowest BCUT2D eigenvalue weighted by Gasteiger charge is -2.12. The van der Waals surface area contributed by atoms with E-state index in [0.29, 0.717) is 23.1 Å². The quantitative estimate of drug-likeness (QED) is 0.390. The summed E-state index contributed by atoms with van der Waals surface area (Å²) in [4.78, 5) is 12.6. The number of para-hydroxylation sites is 1. The van der Waals surface area contributed by atoms with Crippen LogP contribution in [0.3, 0.4) is 0 Å². The average Bonchev–Trinajstić information content (AvgIpc) is 3.17. The molecule has 6 nitrogen and oxygen atoms in total. The number of anilines is 1. The first-order valence-electron chi connectivity index (χ1n) is 10.3. The topological polar surface area (TPSA) is 80.0 Å². The van der Waals surface area contributed by atoms with Gasteiger partial charge in [-0.3, -0.25) is 9.36 Å². The molecule has 1 amide bonds. The molecule has 3 aromatic carbocycles. The number of aromatic nitrogens is 3. The second-order valence-corrected chi connectivity index (χ2v) is 8.49. The number of benzene rings is 3. The van der Waals surface area contributed by atoms with Gasteiger partial charge in [-0.05, 0) is 43.2 Å². The number of thioether (sulfide) groups is 1. The van der Waals surface area contributed by atoms with E-state index >= 15 is 0 Å². The van der Waals surface area contributed by atoms with E-state index in [1.165, 1.54) is 11.8 Å². The normalized spacial score (nSPS) is 10.8. The molecule has 0 aliphatic heterocycles. The van der Waals surface area contributed by atoms with Crippen LogP contribution in [-0.4, -0.2) is 31.5 Å². The van der Waals surface area contributed by atoms with E-state index in [1.54, 1.807) is 12.1 Å². The van der Waals surface area contributed by atoms with Gasteiger partial charge in [-0.2, -0.15) is 0 Å². The summed E-state index contributed by atoms with van der Waals surface area (Å²) < 4.78 is 1.93. The van der Waals surface area contributed by atoms with Gasteiger partial charge in [0.15, 0.2) is 11.0 Å². The number of nitrogens with one attached hydrogen (secondary N) is 1. The third-order valence-electron chi connectivity index (χ3n) is 5.03. The van der Waals surface area contributed by atoms with Crippen LogP contribution in [0.25, 0.3) is 11.4 Å². The Hall–Kier alpha value is -3.58. The van der Waals surface area contributed by atoms with E-state index in [9.17, 15) is 9.90 Å². The van der Waals surface area contributed by atoms with Crippen molar-refractivity contribution in [1.29, 1.82) is 0 Å². The van der Waals surface area contributed by atoms with Gasteiger partial charge in [0, 0.05) is 5.69 Å². The van der Waals surface area contributed by atoms with E-state index in [2.05, 4.69) is 15.5 Å². The lowest BCUT2D eigenvalue weighted by molar-refractivity contribution is -0.113. The Morgan fingerprint density at radius 1 is 1.00 bits per heavy atom. The predicted octanol–water partition coefficient (Wildman–Crippen LogP) is 5.05. The van der Waals surface area contributed by atoms with Crippen molar-refractivity contribution in [3.05, 3.63) is 89.5 Å². The number of hydrogen-bond donors (Lipinski definition) is 2. The minimum atomic E-state index is -0.111. The van der Waals surface area contributed by atoms with Crippen LogP contribution in [0.5, 0.6) is 5.75 Å². The summed E-state index contributed by atoms with van der Waals surface area (Å²) in [6.07, 6.45) is 0. The number of carbonyl (C=O) groups is 1. The highest BCUT2D eigenvalue weighted by Gasteiger charge is 2.18. The highest BCUT2D eigenvalue weighted by atomic mass is 32.2. The predicted molar refractivity (Wildman–Crippen MR) is 128 cm³/mol. The molecular weight excluding hydrogens is 420 g/mol. The number of phenols is 1. The molecule has 0 aliphatic carbocycles. The molecule has 0 bridgehead atoms. The third kappa shape index (κ3) is 5.00. The van der Waals surface area contributed by atoms with E-state index in [4.69, 9.17) is 0 Å². The number of hydrogen-bond acceptors (Lipinski definition) is 5. The van der Waals surface area contributed by atoms with Crippen molar-refractivity contribution in [3.63, 3.8) is 0 Å². The van der Waals surface area contributed by atoms with Gasteiger partial charge in [0.05, 0.1) is 17.9 Å². The number of nitrogens with zero attached hydrogens (tertiary/aromatic N) is 3. The SMILES string of the molecule is Cc1ccc(NC(=O)CSc2nnc(-c3ccccc3O)n2Cc2ccccc2)c(C)c1. The van der Waals surface area contributed by atoms with Crippen LogP contribution in [0.4, 0.5) is 5.69 Å². The van der Waals surface area contributed by atoms with Crippen molar-refractivity contribution >= 4 is 23.4 Å². The van der Waals surface area contributed by atoms with Crippen LogP contribution in [0.1, 0.15) is 16.7 Å². The van der Waals surface area contributed by atoms with Crippen molar-refractivity contribution in [1.82, 2.24) is 14.8 Å². The molecular formula is C25H24N4O2S. The van der Waals surface area contributed by atoms with Gasteiger partial charge in [-0.1, -0.05) is 71.9 Å². The van der Waals surface area contributed by atoms with Crippen molar-refractivity contribution < 1.29 is 9.90 Å². The van der Waals surface area contributed by atoms with Gasteiger partial charge < -0.3 is 10.4 Å². The number of rotatable bonds is 7. The zero-order valence-electron chi connectivity index (χ0n) is 17.9. The van der Waals surface area contributed by atoms with Crippen LogP contribution in [0.15, 0.2) is 78.0 Å². The van der Waals surface area contributed by atoms with E-state index in [0.717, 1.165) is 22.4 Å². The number of amides is 1. The van der Waals surface area contributed by atoms with Gasteiger partial charge in [-0.25, -0.2) is 0 Å². The van der Waals surface area contributed by atoms with Gasteiger partial charge in [0.25, 0.3) is 0 Å². The van der Waals surface area contributed by atoms with Crippen LogP contribution in [-0.2, 0) is 11.3 Å². The summed E-state index contributed by atoms with van der Waals surface area (Å²) in [7, 11) is 0. The van der Waals surface area contributed by atoms with E-state index in [1.807, 2.05) is 79.1 Å². The van der Waals surface area contributed by atoms with Crippen LogP contribution in [0.2, 0.25) is 0 Å². The molecule has 1 aromatic heterocycles. The molecule has 0 spiro atoms. The molecule has 7 heteroatoms. The maximum atomic E-state index is 12.6. The molecule has 0 saturated heterocycles. The number of phenolic OH excluding ortho intramolecular Hbond substituents is 1. The summed E-state index contributed by atoms with van der Waals surface area (Å²) >= 11 is 1.32. The summed E-state index contributed by atoms with van der Waals surface area (Å²) in [6, 6.07) is 22.9. The summed E-state index contributed by atoms with van der Waals surface area (Å²) in [5.74, 6) is 0.781. The lowest BCUT2D eigenvalue weighted by Crippen LogP contribution is -2.15. The maximum Gasteiger partial charge on any atom is 0.234 e. The fourth-order valence-electron chi connectivity index (χ4n) is 3.44. The molecule has 0 radical (unpaired) electrons. The Bertz CT molecular complexity index is 1240. The molecule has 0 unspecified atom stereocenters. The molecule has 162 valence electrons. The number of aryl methyl sites for hydroxylation is 2. The molecule has 0 fully saturated rings. The molecule has 0 saturated carbocycles. The Morgan fingerprint density at radius 2 is 1.75 bits per heavy atom. The van der Waals surface area contributed by atoms with E-state index < -0.39 is 0 Å². The minimum Gasteiger partial charge on any atom is -0.507 e. The smallest absolute Gasteiger partial charge is 0.234 e. The van der Waals surface area contributed by atoms with Crippen LogP contribution < -0.4 is 5.32 Å². The first-order chi connectivity index (χ1) is 15.5. The van der Waals surface area contributed by atoms with Crippen molar-refractivity contribution in [3.8, 4) is 17.1 Å². The number of aromatic hydroxyl groups is 1. The van der Waals surface area contributed by atoms with Crippen LogP contribution in [0, 0.1) is 13.8 Å². The van der Waals surface area contributed by atoms with Gasteiger partial charge in [-0.15, -0.1) is 10.2 Å². The highest BCUT2D eigenvalue weighted by Crippen LogP contribution is 2.31. The van der Waals surface area contributed by atoms with Gasteiger partial charge in [0.1, 0.15) is 5.75 Å². The van der Waals surface area contributed by atoms with Gasteiger partial charge >= 0.3 is 0 Å². The lowest BCUT2D eigenvalue weighted by atomic mass is 10.1. The van der Waals surface area contributed by atoms with E-state index in [-0.39, 0.29) is 17.4 Å². The zero-order valence-corrected chi connectivity index (χ0v) is 18.8. The third-order valence-corrected chi connectivity index (χ3v) is 6.00. The average molecular weight is 445 g/mol. The minimum absolute atomic E-state index is 0.111. The standard InChI is InChI=1S/C25H24N4O2S/c1-17-12-13-21(18(2)14-17)26-23(31)16-32-25-28-27-24(20-10-6-7-11-22(20)30)29(25)15-19-8-4-3-5-9-19/h3-14,30H,15-16H2,1-2H3,(H,26,31). The van der Waals surface area contributed by atoms with Crippen molar-refractivity contribution in [2.24, 2.45) is 0 Å². The Morgan fingerprint density at radius 3 is 2.50 bits per heavy atom. The van der Waals surface area contributed by atoms with Crippen LogP contribution >= 0.6 is 11.8 Å². The summed E-state index contributed by atoms with van der Waals surface area (Å²) in [5, 5.41) is 22.6. The molecule has 4 aromatic rings. The molecule has 0 atom stereocenters. The monoisotopic (exact) mass is 444 g/mol. The fourth-order valence-corrected chi connectivity index (χ4v) is 4.17. The molecule has 0 aliphatic rings. The largest absolute Gasteiger partial charge is 0.507 e. The molecule has 2 N–H and O–H groups in total. The van der Waals surface area contributed by atoms with Crippen molar-refractivity contribution in [2.45, 2.75) is 25.5 Å². The molecule has 1 heterocycles. The second-order valence-electron chi connectivity index (χ2n) is 7.55. The Balaban J connectivity index is 1.56. The zero-order chi connectivity index (χ0) is 22.5. The first-order valence-corrected chi connectivity index (χ1v) is 11.2.